The molecule has 0 bridgehead atoms. The van der Waals surface area contributed by atoms with Crippen LogP contribution in [0, 0.1) is 11.6 Å². The molecule has 2 aromatic carbocycles. The summed E-state index contributed by atoms with van der Waals surface area (Å²) in [4.78, 5) is 16.2. The van der Waals surface area contributed by atoms with Gasteiger partial charge in [0.2, 0.25) is 0 Å². The van der Waals surface area contributed by atoms with E-state index >= 15 is 0 Å². The van der Waals surface area contributed by atoms with Crippen molar-refractivity contribution < 1.29 is 13.6 Å². The number of hydrogen-bond acceptors (Lipinski definition) is 3. The highest BCUT2D eigenvalue weighted by molar-refractivity contribution is 6.30. The van der Waals surface area contributed by atoms with Crippen LogP contribution in [0.1, 0.15) is 16.1 Å². The van der Waals surface area contributed by atoms with Crippen molar-refractivity contribution in [3.8, 4) is 0 Å². The monoisotopic (exact) mass is 387 g/mol. The number of nitrogens with zero attached hydrogens (tertiary/aromatic N) is 1. The average molecular weight is 388 g/mol. The zero-order chi connectivity index (χ0) is 19.2. The fourth-order valence-electron chi connectivity index (χ4n) is 2.47. The summed E-state index contributed by atoms with van der Waals surface area (Å²) < 4.78 is 27.2. The van der Waals surface area contributed by atoms with Crippen molar-refractivity contribution in [2.45, 2.75) is 6.42 Å². The van der Waals surface area contributed by atoms with Crippen LogP contribution in [0.15, 0.2) is 60.8 Å². The van der Waals surface area contributed by atoms with Gasteiger partial charge < -0.3 is 10.6 Å². The molecular weight excluding hydrogens is 372 g/mol. The summed E-state index contributed by atoms with van der Waals surface area (Å²) in [6.45, 7) is 0.661. The quantitative estimate of drug-likeness (QED) is 0.631. The number of aromatic nitrogens is 1. The molecule has 3 rings (SSSR count). The van der Waals surface area contributed by atoms with Crippen LogP contribution in [-0.4, -0.2) is 17.4 Å². The van der Waals surface area contributed by atoms with Crippen molar-refractivity contribution in [2.75, 3.05) is 17.2 Å². The van der Waals surface area contributed by atoms with Gasteiger partial charge in [0.15, 0.2) is 0 Å². The van der Waals surface area contributed by atoms with Gasteiger partial charge in [-0.25, -0.2) is 13.8 Å². The third kappa shape index (κ3) is 5.01. The molecule has 3 aromatic rings. The van der Waals surface area contributed by atoms with E-state index in [4.69, 9.17) is 11.6 Å². The zero-order valence-corrected chi connectivity index (χ0v) is 14.9. The van der Waals surface area contributed by atoms with E-state index in [1.54, 1.807) is 6.07 Å². The smallest absolute Gasteiger partial charge is 0.274 e. The summed E-state index contributed by atoms with van der Waals surface area (Å²) in [6, 6.07) is 14.1. The Kier molecular flexibility index (Phi) is 5.98. The number of carbonyl (C=O) groups is 1. The van der Waals surface area contributed by atoms with E-state index in [0.29, 0.717) is 11.6 Å². The second kappa shape index (κ2) is 8.60. The van der Waals surface area contributed by atoms with Crippen LogP contribution in [0.4, 0.5) is 20.2 Å². The largest absolute Gasteiger partial charge is 0.383 e. The Morgan fingerprint density at radius 2 is 1.78 bits per heavy atom. The molecule has 27 heavy (non-hydrogen) atoms. The highest BCUT2D eigenvalue weighted by atomic mass is 35.5. The maximum absolute atomic E-state index is 13.6. The van der Waals surface area contributed by atoms with Crippen LogP contribution in [0.2, 0.25) is 5.02 Å². The summed E-state index contributed by atoms with van der Waals surface area (Å²) in [5.41, 5.74) is 1.39. The normalized spacial score (nSPS) is 10.5. The summed E-state index contributed by atoms with van der Waals surface area (Å²) in [6.07, 6.45) is 2.26. The number of amides is 1. The Morgan fingerprint density at radius 3 is 2.44 bits per heavy atom. The van der Waals surface area contributed by atoms with Gasteiger partial charge >= 0.3 is 0 Å². The lowest BCUT2D eigenvalue weighted by molar-refractivity contribution is 0.102. The molecule has 0 unspecified atom stereocenters. The van der Waals surface area contributed by atoms with Crippen LogP contribution in [0.3, 0.4) is 0 Å². The molecule has 2 N–H and O–H groups in total. The minimum Gasteiger partial charge on any atom is -0.383 e. The lowest BCUT2D eigenvalue weighted by Gasteiger charge is -2.09. The Bertz CT molecular complexity index is 928. The van der Waals surface area contributed by atoms with E-state index < -0.39 is 23.2 Å². The molecule has 0 saturated heterocycles. The molecule has 0 spiro atoms. The van der Waals surface area contributed by atoms with E-state index in [9.17, 15) is 13.6 Å². The van der Waals surface area contributed by atoms with E-state index in [1.165, 1.54) is 18.3 Å². The van der Waals surface area contributed by atoms with Gasteiger partial charge in [-0.05, 0) is 48.4 Å². The number of para-hydroxylation sites is 1. The third-order valence-electron chi connectivity index (χ3n) is 3.83. The lowest BCUT2D eigenvalue weighted by atomic mass is 10.1. The number of rotatable bonds is 6. The molecule has 0 radical (unpaired) electrons. The summed E-state index contributed by atoms with van der Waals surface area (Å²) in [5, 5.41) is 6.08. The second-order valence-corrected chi connectivity index (χ2v) is 6.23. The first-order valence-electron chi connectivity index (χ1n) is 8.22. The maximum Gasteiger partial charge on any atom is 0.274 e. The van der Waals surface area contributed by atoms with Crippen molar-refractivity contribution in [1.29, 1.82) is 0 Å². The fourth-order valence-corrected chi connectivity index (χ4v) is 2.68. The predicted octanol–water partition coefficient (Wildman–Crippen LogP) is 4.92. The molecule has 0 saturated carbocycles. The van der Waals surface area contributed by atoms with Gasteiger partial charge in [-0.15, -0.1) is 0 Å². The Hall–Kier alpha value is -2.99. The lowest BCUT2D eigenvalue weighted by Crippen LogP contribution is -2.16. The van der Waals surface area contributed by atoms with Crippen LogP contribution in [0.25, 0.3) is 0 Å². The van der Waals surface area contributed by atoms with Crippen molar-refractivity contribution in [3.63, 3.8) is 0 Å². The first-order chi connectivity index (χ1) is 13.0. The number of pyridine rings is 1. The van der Waals surface area contributed by atoms with Crippen LogP contribution in [0.5, 0.6) is 0 Å². The fraction of sp³-hybridized carbons (Fsp3) is 0.100. The molecule has 1 heterocycles. The van der Waals surface area contributed by atoms with E-state index in [1.807, 2.05) is 24.3 Å². The van der Waals surface area contributed by atoms with Crippen LogP contribution < -0.4 is 10.6 Å². The molecule has 4 nitrogen and oxygen atoms in total. The molecule has 0 aliphatic rings. The van der Waals surface area contributed by atoms with Gasteiger partial charge in [0.25, 0.3) is 5.91 Å². The molecule has 1 aromatic heterocycles. The van der Waals surface area contributed by atoms with Crippen LogP contribution >= 0.6 is 11.6 Å². The van der Waals surface area contributed by atoms with Gasteiger partial charge in [-0.3, -0.25) is 4.79 Å². The SMILES string of the molecule is O=C(Nc1c(F)cccc1F)c1ccc(NCCc2cccc(Cl)c2)cn1. The number of anilines is 2. The zero-order valence-electron chi connectivity index (χ0n) is 14.2. The topological polar surface area (TPSA) is 54.0 Å². The van der Waals surface area contributed by atoms with Gasteiger partial charge in [0.05, 0.1) is 11.9 Å². The van der Waals surface area contributed by atoms with E-state index in [0.717, 1.165) is 29.8 Å². The van der Waals surface area contributed by atoms with Crippen LogP contribution in [-0.2, 0) is 6.42 Å². The highest BCUT2D eigenvalue weighted by Gasteiger charge is 2.14. The molecule has 7 heteroatoms. The molecule has 0 atom stereocenters. The van der Waals surface area contributed by atoms with Gasteiger partial charge in [0, 0.05) is 11.6 Å². The summed E-state index contributed by atoms with van der Waals surface area (Å²) in [5.74, 6) is -2.38. The van der Waals surface area contributed by atoms with Gasteiger partial charge in [-0.1, -0.05) is 29.8 Å². The molecular formula is C20H16ClF2N3O. The standard InChI is InChI=1S/C20H16ClF2N3O/c21-14-4-1-3-13(11-14)9-10-24-15-7-8-18(25-12-15)20(27)26-19-16(22)5-2-6-17(19)23/h1-8,11-12,24H,9-10H2,(H,26,27). The number of carbonyl (C=O) groups excluding carboxylic acids is 1. The van der Waals surface area contributed by atoms with Crippen molar-refractivity contribution in [2.24, 2.45) is 0 Å². The summed E-state index contributed by atoms with van der Waals surface area (Å²) in [7, 11) is 0. The predicted molar refractivity (Wildman–Crippen MR) is 102 cm³/mol. The number of hydrogen-bond donors (Lipinski definition) is 2. The Labute approximate surface area is 160 Å². The number of benzene rings is 2. The maximum atomic E-state index is 13.6. The van der Waals surface area contributed by atoms with E-state index in [-0.39, 0.29) is 5.69 Å². The average Bonchev–Trinajstić information content (AvgIpc) is 2.65. The minimum absolute atomic E-state index is 0.0537. The summed E-state index contributed by atoms with van der Waals surface area (Å²) >= 11 is 5.95. The Morgan fingerprint density at radius 1 is 1.04 bits per heavy atom. The minimum atomic E-state index is -0.845. The molecule has 138 valence electrons. The van der Waals surface area contributed by atoms with Crippen molar-refractivity contribution >= 4 is 28.9 Å². The van der Waals surface area contributed by atoms with Crippen molar-refractivity contribution in [3.05, 3.63) is 88.7 Å². The first-order valence-corrected chi connectivity index (χ1v) is 8.60. The van der Waals surface area contributed by atoms with Gasteiger partial charge in [-0.2, -0.15) is 0 Å². The third-order valence-corrected chi connectivity index (χ3v) is 4.06. The highest BCUT2D eigenvalue weighted by Crippen LogP contribution is 2.19. The second-order valence-electron chi connectivity index (χ2n) is 5.79. The van der Waals surface area contributed by atoms with E-state index in [2.05, 4.69) is 15.6 Å². The Balaban J connectivity index is 1.57. The molecule has 0 aliphatic carbocycles. The van der Waals surface area contributed by atoms with Crippen molar-refractivity contribution in [1.82, 2.24) is 4.98 Å². The molecule has 0 fully saturated rings. The molecule has 1 amide bonds. The van der Waals surface area contributed by atoms with Gasteiger partial charge in [0.1, 0.15) is 23.0 Å². The number of nitrogens with one attached hydrogen (secondary N) is 2. The first kappa shape index (κ1) is 18.8. The number of halogens is 3. The molecule has 0 aliphatic heterocycles.